The average molecular weight is 312 g/mol. The molecule has 0 spiro atoms. The zero-order chi connectivity index (χ0) is 15.3. The number of halogens is 1. The van der Waals surface area contributed by atoms with E-state index in [1.165, 1.54) is 44.1 Å². The van der Waals surface area contributed by atoms with Gasteiger partial charge in [-0.2, -0.15) is 0 Å². The van der Waals surface area contributed by atoms with E-state index in [4.69, 9.17) is 16.3 Å². The smallest absolute Gasteiger partial charge is 0.0587 e. The number of ether oxygens (including phenoxy) is 1. The molecule has 0 heterocycles. The maximum atomic E-state index is 6.37. The Bertz CT molecular complexity index is 370. The predicted octanol–water partition coefficient (Wildman–Crippen LogP) is 5.02. The topological polar surface area (TPSA) is 21.3 Å². The first-order valence-corrected chi connectivity index (χ1v) is 8.61. The number of benzene rings is 1. The van der Waals surface area contributed by atoms with E-state index < -0.39 is 0 Å². The largest absolute Gasteiger partial charge is 0.383 e. The van der Waals surface area contributed by atoms with Gasteiger partial charge in [-0.1, -0.05) is 68.8 Å². The first-order chi connectivity index (χ1) is 10.3. The highest BCUT2D eigenvalue weighted by Gasteiger charge is 2.13. The van der Waals surface area contributed by atoms with Crippen LogP contribution in [0.2, 0.25) is 5.02 Å². The molecule has 0 amide bonds. The summed E-state index contributed by atoms with van der Waals surface area (Å²) in [5.74, 6) is 0.497. The Kier molecular flexibility index (Phi) is 10.6. The number of rotatable bonds is 12. The van der Waals surface area contributed by atoms with Gasteiger partial charge in [0, 0.05) is 25.2 Å². The molecule has 0 bridgehead atoms. The van der Waals surface area contributed by atoms with Crippen molar-refractivity contribution in [2.45, 2.75) is 51.4 Å². The fraction of sp³-hybridized carbons (Fsp3) is 0.667. The Balaban J connectivity index is 2.47. The molecule has 0 radical (unpaired) electrons. The second kappa shape index (κ2) is 12.0. The van der Waals surface area contributed by atoms with Crippen LogP contribution in [0.4, 0.5) is 0 Å². The van der Waals surface area contributed by atoms with Crippen LogP contribution >= 0.6 is 11.6 Å². The molecule has 3 heteroatoms. The number of unbranched alkanes of at least 4 members (excludes halogenated alkanes) is 4. The standard InChI is InChI=1S/C18H30ClNO/c1-3-4-5-6-7-10-16(15-20-13-14-21-2)17-11-8-9-12-18(17)19/h8-9,11-12,16,20H,3-7,10,13-15H2,1-2H3. The van der Waals surface area contributed by atoms with Crippen molar-refractivity contribution in [3.05, 3.63) is 34.9 Å². The second-order valence-corrected chi connectivity index (χ2v) is 6.03. The SMILES string of the molecule is CCCCCCCC(CNCCOC)c1ccccc1Cl. The highest BCUT2D eigenvalue weighted by Crippen LogP contribution is 2.28. The minimum absolute atomic E-state index is 0.497. The van der Waals surface area contributed by atoms with Crippen LogP contribution in [0.25, 0.3) is 0 Å². The summed E-state index contributed by atoms with van der Waals surface area (Å²) in [5, 5.41) is 4.37. The lowest BCUT2D eigenvalue weighted by Gasteiger charge is -2.19. The van der Waals surface area contributed by atoms with E-state index in [1.54, 1.807) is 7.11 Å². The van der Waals surface area contributed by atoms with Gasteiger partial charge in [0.2, 0.25) is 0 Å². The van der Waals surface area contributed by atoms with Crippen molar-refractivity contribution in [3.63, 3.8) is 0 Å². The van der Waals surface area contributed by atoms with Gasteiger partial charge in [0.05, 0.1) is 6.61 Å². The van der Waals surface area contributed by atoms with E-state index in [1.807, 2.05) is 12.1 Å². The molecule has 0 saturated heterocycles. The van der Waals surface area contributed by atoms with Crippen molar-refractivity contribution in [2.24, 2.45) is 0 Å². The summed E-state index contributed by atoms with van der Waals surface area (Å²) in [6.45, 7) is 4.88. The summed E-state index contributed by atoms with van der Waals surface area (Å²) in [5.41, 5.74) is 1.28. The lowest BCUT2D eigenvalue weighted by Crippen LogP contribution is -2.25. The molecule has 1 atom stereocenters. The van der Waals surface area contributed by atoms with Gasteiger partial charge in [0.15, 0.2) is 0 Å². The molecule has 1 rings (SSSR count). The third-order valence-corrected chi connectivity index (χ3v) is 4.22. The Morgan fingerprint density at radius 2 is 1.90 bits per heavy atom. The summed E-state index contributed by atoms with van der Waals surface area (Å²) in [7, 11) is 1.74. The maximum Gasteiger partial charge on any atom is 0.0587 e. The van der Waals surface area contributed by atoms with Crippen LogP contribution in [0.3, 0.4) is 0 Å². The molecule has 0 aliphatic rings. The number of hydrogen-bond acceptors (Lipinski definition) is 2. The molecule has 1 unspecified atom stereocenters. The van der Waals surface area contributed by atoms with Crippen molar-refractivity contribution in [1.29, 1.82) is 0 Å². The molecule has 1 N–H and O–H groups in total. The maximum absolute atomic E-state index is 6.37. The molecule has 21 heavy (non-hydrogen) atoms. The van der Waals surface area contributed by atoms with Crippen molar-refractivity contribution in [1.82, 2.24) is 5.32 Å². The normalized spacial score (nSPS) is 12.5. The predicted molar refractivity (Wildman–Crippen MR) is 92.3 cm³/mol. The first-order valence-electron chi connectivity index (χ1n) is 8.23. The highest BCUT2D eigenvalue weighted by molar-refractivity contribution is 6.31. The van der Waals surface area contributed by atoms with Crippen molar-refractivity contribution in [2.75, 3.05) is 26.8 Å². The lowest BCUT2D eigenvalue weighted by molar-refractivity contribution is 0.198. The van der Waals surface area contributed by atoms with Gasteiger partial charge in [0.1, 0.15) is 0 Å². The van der Waals surface area contributed by atoms with Gasteiger partial charge in [-0.25, -0.2) is 0 Å². The average Bonchev–Trinajstić information content (AvgIpc) is 2.50. The Morgan fingerprint density at radius 3 is 2.62 bits per heavy atom. The molecule has 0 aromatic heterocycles. The van der Waals surface area contributed by atoms with E-state index in [-0.39, 0.29) is 0 Å². The third-order valence-electron chi connectivity index (χ3n) is 3.87. The summed E-state index contributed by atoms with van der Waals surface area (Å²) in [6, 6.07) is 8.25. The van der Waals surface area contributed by atoms with Crippen LogP contribution in [0.15, 0.2) is 24.3 Å². The molecule has 1 aromatic rings. The van der Waals surface area contributed by atoms with Gasteiger partial charge >= 0.3 is 0 Å². The molecule has 120 valence electrons. The Labute approximate surface area is 135 Å². The van der Waals surface area contributed by atoms with Crippen molar-refractivity contribution in [3.8, 4) is 0 Å². The van der Waals surface area contributed by atoms with Gasteiger partial charge < -0.3 is 10.1 Å². The summed E-state index contributed by atoms with van der Waals surface area (Å²) in [6.07, 6.45) is 7.81. The monoisotopic (exact) mass is 311 g/mol. The van der Waals surface area contributed by atoms with Gasteiger partial charge in [0.25, 0.3) is 0 Å². The van der Waals surface area contributed by atoms with Crippen LogP contribution in [0.1, 0.15) is 56.9 Å². The molecule has 2 nitrogen and oxygen atoms in total. The van der Waals surface area contributed by atoms with E-state index in [0.29, 0.717) is 5.92 Å². The molecule has 0 aliphatic carbocycles. The zero-order valence-corrected chi connectivity index (χ0v) is 14.3. The van der Waals surface area contributed by atoms with Crippen LogP contribution in [0.5, 0.6) is 0 Å². The molecule has 0 aliphatic heterocycles. The molecule has 0 fully saturated rings. The van der Waals surface area contributed by atoms with Gasteiger partial charge in [-0.05, 0) is 24.0 Å². The minimum atomic E-state index is 0.497. The van der Waals surface area contributed by atoms with Crippen LogP contribution < -0.4 is 5.32 Å². The van der Waals surface area contributed by atoms with E-state index >= 15 is 0 Å². The van der Waals surface area contributed by atoms with E-state index in [0.717, 1.165) is 24.7 Å². The van der Waals surface area contributed by atoms with Crippen molar-refractivity contribution < 1.29 is 4.74 Å². The van der Waals surface area contributed by atoms with E-state index in [9.17, 15) is 0 Å². The molecular formula is C18H30ClNO. The molecular weight excluding hydrogens is 282 g/mol. The number of hydrogen-bond donors (Lipinski definition) is 1. The Hall–Kier alpha value is -0.570. The van der Waals surface area contributed by atoms with Crippen LogP contribution in [0, 0.1) is 0 Å². The highest BCUT2D eigenvalue weighted by atomic mass is 35.5. The number of methoxy groups -OCH3 is 1. The zero-order valence-electron chi connectivity index (χ0n) is 13.5. The molecule has 1 aromatic carbocycles. The summed E-state index contributed by atoms with van der Waals surface area (Å²) < 4.78 is 5.09. The van der Waals surface area contributed by atoms with Gasteiger partial charge in [-0.15, -0.1) is 0 Å². The molecule has 0 saturated carbocycles. The summed E-state index contributed by atoms with van der Waals surface area (Å²) in [4.78, 5) is 0. The fourth-order valence-corrected chi connectivity index (χ4v) is 2.91. The van der Waals surface area contributed by atoms with Crippen molar-refractivity contribution >= 4 is 11.6 Å². The fourth-order valence-electron chi connectivity index (χ4n) is 2.62. The first kappa shape index (κ1) is 18.5. The minimum Gasteiger partial charge on any atom is -0.383 e. The van der Waals surface area contributed by atoms with Crippen LogP contribution in [-0.2, 0) is 4.74 Å². The van der Waals surface area contributed by atoms with Crippen LogP contribution in [-0.4, -0.2) is 26.8 Å². The second-order valence-electron chi connectivity index (χ2n) is 5.62. The lowest BCUT2D eigenvalue weighted by atomic mass is 9.92. The van der Waals surface area contributed by atoms with E-state index in [2.05, 4.69) is 24.4 Å². The quantitative estimate of drug-likeness (QED) is 0.547. The Morgan fingerprint density at radius 1 is 1.14 bits per heavy atom. The number of nitrogens with one attached hydrogen (secondary N) is 1. The summed E-state index contributed by atoms with van der Waals surface area (Å²) >= 11 is 6.37. The third kappa shape index (κ3) is 7.85. The van der Waals surface area contributed by atoms with Gasteiger partial charge in [-0.3, -0.25) is 0 Å².